The number of carbonyl (C=O) groups is 1. The Labute approximate surface area is 157 Å². The molecule has 1 N–H and O–H groups in total. The van der Waals surface area contributed by atoms with E-state index in [0.717, 1.165) is 12.0 Å². The summed E-state index contributed by atoms with van der Waals surface area (Å²) in [6, 6.07) is 20.3. The van der Waals surface area contributed by atoms with Gasteiger partial charge in [0.15, 0.2) is 0 Å². The number of benzene rings is 3. The van der Waals surface area contributed by atoms with Gasteiger partial charge in [-0.05, 0) is 41.8 Å². The maximum absolute atomic E-state index is 12.8. The molecule has 0 bridgehead atoms. The molecule has 5 nitrogen and oxygen atoms in total. The van der Waals surface area contributed by atoms with Gasteiger partial charge in [-0.15, -0.1) is 0 Å². The molecule has 4 aromatic rings. The number of rotatable bonds is 5. The molecular weight excluding hydrogens is 336 g/mol. The fourth-order valence-electron chi connectivity index (χ4n) is 3.26. The molecule has 4 rings (SSSR count). The van der Waals surface area contributed by atoms with Crippen LogP contribution in [0.1, 0.15) is 21.5 Å². The average molecular weight is 356 g/mol. The lowest BCUT2D eigenvalue weighted by molar-refractivity contribution is 0.0953. The van der Waals surface area contributed by atoms with Crippen LogP contribution in [0.25, 0.3) is 16.5 Å². The first-order valence-electron chi connectivity index (χ1n) is 8.94. The van der Waals surface area contributed by atoms with Crippen LogP contribution in [0.3, 0.4) is 0 Å². The van der Waals surface area contributed by atoms with Crippen LogP contribution in [0.4, 0.5) is 0 Å². The molecule has 0 aliphatic heterocycles. The number of fused-ring (bicyclic) bond motifs is 1. The van der Waals surface area contributed by atoms with Crippen molar-refractivity contribution < 1.29 is 4.79 Å². The lowest BCUT2D eigenvalue weighted by Gasteiger charge is -2.11. The van der Waals surface area contributed by atoms with E-state index in [0.29, 0.717) is 17.8 Å². The minimum absolute atomic E-state index is 0.119. The molecule has 0 aliphatic rings. The van der Waals surface area contributed by atoms with Gasteiger partial charge in [-0.2, -0.15) is 15.0 Å². The molecule has 1 aromatic heterocycles. The number of amides is 1. The summed E-state index contributed by atoms with van der Waals surface area (Å²) >= 11 is 0. The van der Waals surface area contributed by atoms with E-state index in [1.165, 1.54) is 21.1 Å². The van der Waals surface area contributed by atoms with Crippen LogP contribution in [0.5, 0.6) is 0 Å². The molecule has 3 aromatic carbocycles. The first kappa shape index (κ1) is 17.0. The summed E-state index contributed by atoms with van der Waals surface area (Å²) in [6.07, 6.45) is 3.97. The Morgan fingerprint density at radius 1 is 1.00 bits per heavy atom. The van der Waals surface area contributed by atoms with Crippen LogP contribution in [0.15, 0.2) is 73.1 Å². The molecule has 0 atom stereocenters. The van der Waals surface area contributed by atoms with Gasteiger partial charge in [0.25, 0.3) is 5.91 Å². The van der Waals surface area contributed by atoms with Crippen LogP contribution >= 0.6 is 0 Å². The molecule has 0 fully saturated rings. The van der Waals surface area contributed by atoms with Gasteiger partial charge in [-0.1, -0.05) is 54.1 Å². The molecular formula is C22H20N4O. The van der Waals surface area contributed by atoms with Gasteiger partial charge in [0.2, 0.25) is 0 Å². The normalized spacial score (nSPS) is 10.9. The highest BCUT2D eigenvalue weighted by Gasteiger charge is 2.14. The van der Waals surface area contributed by atoms with Crippen molar-refractivity contribution in [2.45, 2.75) is 13.3 Å². The zero-order chi connectivity index (χ0) is 18.6. The molecule has 1 amide bonds. The molecule has 27 heavy (non-hydrogen) atoms. The van der Waals surface area contributed by atoms with Crippen LogP contribution < -0.4 is 5.32 Å². The van der Waals surface area contributed by atoms with E-state index in [9.17, 15) is 4.79 Å². The summed E-state index contributed by atoms with van der Waals surface area (Å²) in [4.78, 5) is 14.3. The zero-order valence-electron chi connectivity index (χ0n) is 15.1. The number of hydrogen-bond donors (Lipinski definition) is 1. The van der Waals surface area contributed by atoms with Crippen LogP contribution in [-0.4, -0.2) is 27.4 Å². The minimum Gasteiger partial charge on any atom is -0.352 e. The number of carbonyl (C=O) groups excluding carboxylic acids is 1. The van der Waals surface area contributed by atoms with E-state index in [1.807, 2.05) is 37.3 Å². The van der Waals surface area contributed by atoms with E-state index in [1.54, 1.807) is 12.4 Å². The SMILES string of the molecule is Cc1ccc(-n2nccn2)c(C(=O)NCCc2cccc3ccccc23)c1. The van der Waals surface area contributed by atoms with Crippen molar-refractivity contribution in [3.8, 4) is 5.69 Å². The standard InChI is InChI=1S/C22H20N4O/c1-16-9-10-21(26-24-13-14-25-26)20(15-16)22(27)23-12-11-18-7-4-6-17-5-2-3-8-19(17)18/h2-10,13-15H,11-12H2,1H3,(H,23,27). The lowest BCUT2D eigenvalue weighted by Crippen LogP contribution is -2.27. The van der Waals surface area contributed by atoms with Crippen molar-refractivity contribution in [3.63, 3.8) is 0 Å². The van der Waals surface area contributed by atoms with Crippen LogP contribution in [0.2, 0.25) is 0 Å². The summed E-state index contributed by atoms with van der Waals surface area (Å²) in [5.74, 6) is -0.119. The van der Waals surface area contributed by atoms with Gasteiger partial charge in [-0.3, -0.25) is 4.79 Å². The summed E-state index contributed by atoms with van der Waals surface area (Å²) in [5, 5.41) is 13.8. The Morgan fingerprint density at radius 2 is 1.78 bits per heavy atom. The van der Waals surface area contributed by atoms with E-state index < -0.39 is 0 Å². The summed E-state index contributed by atoms with van der Waals surface area (Å²) in [6.45, 7) is 2.53. The van der Waals surface area contributed by atoms with Crippen molar-refractivity contribution in [2.24, 2.45) is 0 Å². The molecule has 0 spiro atoms. The minimum atomic E-state index is -0.119. The topological polar surface area (TPSA) is 59.8 Å². The number of aryl methyl sites for hydroxylation is 1. The molecule has 0 unspecified atom stereocenters. The van der Waals surface area contributed by atoms with Crippen LogP contribution in [-0.2, 0) is 6.42 Å². The highest BCUT2D eigenvalue weighted by atomic mass is 16.1. The van der Waals surface area contributed by atoms with Gasteiger partial charge in [0.1, 0.15) is 0 Å². The second-order valence-corrected chi connectivity index (χ2v) is 6.48. The number of aromatic nitrogens is 3. The van der Waals surface area contributed by atoms with Crippen molar-refractivity contribution in [1.82, 2.24) is 20.3 Å². The first-order chi connectivity index (χ1) is 13.2. The van der Waals surface area contributed by atoms with Gasteiger partial charge in [0, 0.05) is 6.54 Å². The van der Waals surface area contributed by atoms with E-state index in [4.69, 9.17) is 0 Å². The third kappa shape index (κ3) is 3.58. The summed E-state index contributed by atoms with van der Waals surface area (Å²) < 4.78 is 0. The average Bonchev–Trinajstić information content (AvgIpc) is 3.22. The van der Waals surface area contributed by atoms with E-state index >= 15 is 0 Å². The largest absolute Gasteiger partial charge is 0.352 e. The van der Waals surface area contributed by atoms with Crippen molar-refractivity contribution >= 4 is 16.7 Å². The predicted octanol–water partition coefficient (Wildman–Crippen LogP) is 3.70. The van der Waals surface area contributed by atoms with Gasteiger partial charge in [-0.25, -0.2) is 0 Å². The Kier molecular flexibility index (Phi) is 4.66. The maximum Gasteiger partial charge on any atom is 0.253 e. The Morgan fingerprint density at radius 3 is 2.63 bits per heavy atom. The monoisotopic (exact) mass is 356 g/mol. The van der Waals surface area contributed by atoms with Crippen molar-refractivity contribution in [1.29, 1.82) is 0 Å². The molecule has 0 aliphatic carbocycles. The van der Waals surface area contributed by atoms with Crippen molar-refractivity contribution in [2.75, 3.05) is 6.54 Å². The Hall–Kier alpha value is -3.47. The predicted molar refractivity (Wildman–Crippen MR) is 106 cm³/mol. The zero-order valence-corrected chi connectivity index (χ0v) is 15.1. The molecule has 5 heteroatoms. The second kappa shape index (κ2) is 7.41. The molecule has 0 radical (unpaired) electrons. The third-order valence-electron chi connectivity index (χ3n) is 4.59. The molecule has 1 heterocycles. The fourth-order valence-corrected chi connectivity index (χ4v) is 3.26. The highest BCUT2D eigenvalue weighted by Crippen LogP contribution is 2.19. The first-order valence-corrected chi connectivity index (χ1v) is 8.94. The van der Waals surface area contributed by atoms with Gasteiger partial charge < -0.3 is 5.32 Å². The quantitative estimate of drug-likeness (QED) is 0.593. The molecule has 0 saturated heterocycles. The highest BCUT2D eigenvalue weighted by molar-refractivity contribution is 5.98. The van der Waals surface area contributed by atoms with Gasteiger partial charge >= 0.3 is 0 Å². The van der Waals surface area contributed by atoms with E-state index in [-0.39, 0.29) is 5.91 Å². The van der Waals surface area contributed by atoms with Crippen LogP contribution in [0, 0.1) is 6.92 Å². The Bertz CT molecular complexity index is 1080. The number of hydrogen-bond acceptors (Lipinski definition) is 3. The number of nitrogens with zero attached hydrogens (tertiary/aromatic N) is 3. The second-order valence-electron chi connectivity index (χ2n) is 6.48. The van der Waals surface area contributed by atoms with Crippen molar-refractivity contribution in [3.05, 3.63) is 89.7 Å². The van der Waals surface area contributed by atoms with E-state index in [2.05, 4.69) is 45.8 Å². The lowest BCUT2D eigenvalue weighted by atomic mass is 10.0. The molecule has 134 valence electrons. The molecule has 0 saturated carbocycles. The van der Waals surface area contributed by atoms with Gasteiger partial charge in [0.05, 0.1) is 23.6 Å². The number of nitrogens with one attached hydrogen (secondary N) is 1. The summed E-state index contributed by atoms with van der Waals surface area (Å²) in [7, 11) is 0. The Balaban J connectivity index is 1.51. The summed E-state index contributed by atoms with van der Waals surface area (Å²) in [5.41, 5.74) is 3.49. The maximum atomic E-state index is 12.8. The smallest absolute Gasteiger partial charge is 0.253 e. The fraction of sp³-hybridized carbons (Fsp3) is 0.136. The third-order valence-corrected chi connectivity index (χ3v) is 4.59.